The lowest BCUT2D eigenvalue weighted by molar-refractivity contribution is 0.666. The van der Waals surface area contributed by atoms with Crippen molar-refractivity contribution < 1.29 is 4.42 Å². The van der Waals surface area contributed by atoms with Crippen LogP contribution in [-0.4, -0.2) is 18.3 Å². The van der Waals surface area contributed by atoms with Crippen molar-refractivity contribution in [3.63, 3.8) is 0 Å². The minimum atomic E-state index is -0.169. The molecule has 0 amide bonds. The fourth-order valence-electron chi connectivity index (χ4n) is 18.9. The van der Waals surface area contributed by atoms with Crippen molar-refractivity contribution in [2.24, 2.45) is 0 Å². The fourth-order valence-corrected chi connectivity index (χ4v) is 18.9. The Morgan fingerprint density at radius 1 is 0.221 bits per heavy atom. The molecular weight excluding hydrogens is 1260 g/mol. The molecule has 0 saturated carbocycles. The highest BCUT2D eigenvalue weighted by molar-refractivity contribution is 6.12. The Bertz CT molecular complexity index is 6630. The van der Waals surface area contributed by atoms with Crippen LogP contribution in [0.25, 0.3) is 166 Å². The first-order valence-electron chi connectivity index (χ1n) is 36.5. The van der Waals surface area contributed by atoms with Gasteiger partial charge >= 0.3 is 0 Å². The molecule has 0 atom stereocenters. The van der Waals surface area contributed by atoms with Crippen LogP contribution in [0.1, 0.15) is 74.9 Å². The van der Waals surface area contributed by atoms with Crippen LogP contribution >= 0.6 is 0 Å². The number of aromatic nitrogens is 4. The van der Waals surface area contributed by atoms with E-state index in [1.54, 1.807) is 0 Å². The van der Waals surface area contributed by atoms with Crippen LogP contribution in [0, 0.1) is 0 Å². The van der Waals surface area contributed by atoms with Gasteiger partial charge in [0.05, 0.1) is 44.7 Å². The van der Waals surface area contributed by atoms with Crippen molar-refractivity contribution in [3.8, 4) is 89.9 Å². The maximum atomic E-state index is 6.43. The van der Waals surface area contributed by atoms with Crippen molar-refractivity contribution in [2.45, 2.75) is 57.8 Å². The van der Waals surface area contributed by atoms with Gasteiger partial charge in [-0.25, -0.2) is 0 Å². The molecule has 3 aliphatic carbocycles. The summed E-state index contributed by atoms with van der Waals surface area (Å²) in [4.78, 5) is 0. The first-order chi connectivity index (χ1) is 50.9. The third kappa shape index (κ3) is 8.49. The number of fused-ring (bicyclic) bond motifs is 21. The monoisotopic (exact) mass is 1330 g/mol. The summed E-state index contributed by atoms with van der Waals surface area (Å²) in [6.45, 7) is 14.3. The minimum absolute atomic E-state index is 0.0737. The van der Waals surface area contributed by atoms with E-state index in [1.807, 2.05) is 12.1 Å². The van der Waals surface area contributed by atoms with E-state index in [0.717, 1.165) is 38.8 Å². The summed E-state index contributed by atoms with van der Waals surface area (Å²) >= 11 is 0. The molecule has 0 spiro atoms. The molecule has 0 fully saturated rings. The number of benzene rings is 14. The molecule has 5 heterocycles. The molecule has 0 radical (unpaired) electrons. The lowest BCUT2D eigenvalue weighted by Gasteiger charge is -2.21. The van der Waals surface area contributed by atoms with Gasteiger partial charge in [-0.15, -0.1) is 0 Å². The van der Waals surface area contributed by atoms with Crippen LogP contribution < -0.4 is 0 Å². The number of furan rings is 1. The zero-order valence-corrected chi connectivity index (χ0v) is 58.9. The largest absolute Gasteiger partial charge is 0.455 e. The molecule has 5 heteroatoms. The SMILES string of the molecule is CC1(C)c2ccccc2-c2c1c1cc(-c3ccc4c(c3)c3ccccc3n4-c3ccccc3)ccc1n2-c1ccc(-c2cccc3c2oc2ccccc23)cc1.CC1(C)c2ccccc2-c2c1c1ccccc1n2-c1cccc(-c2cccc(-n3c4c(c5ccccc53)C(C)(C)c3ccccc3-4)c2)c1. The lowest BCUT2D eigenvalue weighted by Crippen LogP contribution is -2.14. The predicted molar refractivity (Wildman–Crippen MR) is 434 cm³/mol. The summed E-state index contributed by atoms with van der Waals surface area (Å²) in [5.41, 5.74) is 35.8. The van der Waals surface area contributed by atoms with Crippen molar-refractivity contribution in [2.75, 3.05) is 0 Å². The Kier molecular flexibility index (Phi) is 12.8. The first kappa shape index (κ1) is 60.1. The number of hydrogen-bond donors (Lipinski definition) is 0. The second kappa shape index (κ2) is 22.2. The average molecular weight is 1330 g/mol. The third-order valence-corrected chi connectivity index (χ3v) is 23.6. The number of rotatable bonds is 7. The fraction of sp³-hybridized carbons (Fsp3) is 0.0909. The van der Waals surface area contributed by atoms with E-state index in [4.69, 9.17) is 4.42 Å². The van der Waals surface area contributed by atoms with Crippen molar-refractivity contribution >= 4 is 76.5 Å². The molecule has 0 aliphatic heterocycles. The van der Waals surface area contributed by atoms with Gasteiger partial charge in [-0.05, 0) is 158 Å². The van der Waals surface area contributed by atoms with E-state index >= 15 is 0 Å². The number of para-hydroxylation sites is 6. The number of nitrogens with zero attached hydrogens (tertiary/aromatic N) is 4. The van der Waals surface area contributed by atoms with Crippen LogP contribution in [0.15, 0.2) is 332 Å². The molecule has 14 aromatic carbocycles. The zero-order chi connectivity index (χ0) is 69.5. The standard InChI is InChI=1S/C53H36N2O.C46H36N2/c1-53(2)45-20-9-6-17-42(45)51-50(53)44-32-35(34-25-29-47-43(31-34)39-15-7-10-21-46(39)54(47)36-13-4-3-5-14-36)26-30-48(44)55(51)37-27-23-33(24-28-37)38-18-12-19-41-40-16-8-11-22-49(40)56-52(38)41;1-45(2)37-23-9-5-19-33(37)43-41(45)35-21-7-11-25-39(35)47(43)31-17-13-15-29(27-31)30-16-14-18-32(28-30)48-40-26-12-8-22-36(40)42-44(48)34-20-6-10-24-38(34)46(42,3)4/h3-32H,1-2H3;5-28H,1-4H3. The van der Waals surface area contributed by atoms with Gasteiger partial charge in [-0.1, -0.05) is 272 Å². The summed E-state index contributed by atoms with van der Waals surface area (Å²) in [5, 5.41) is 8.77. The van der Waals surface area contributed by atoms with Gasteiger partial charge in [-0.2, -0.15) is 0 Å². The summed E-state index contributed by atoms with van der Waals surface area (Å²) < 4.78 is 16.3. The highest BCUT2D eigenvalue weighted by Crippen LogP contribution is 2.58. The number of hydrogen-bond acceptors (Lipinski definition) is 1. The van der Waals surface area contributed by atoms with Gasteiger partial charge in [0, 0.05) is 99.0 Å². The molecule has 3 aliphatic rings. The van der Waals surface area contributed by atoms with Crippen molar-refractivity contribution in [1.82, 2.24) is 18.3 Å². The first-order valence-corrected chi connectivity index (χ1v) is 36.5. The average Bonchev–Trinajstić information content (AvgIpc) is 1.53. The quantitative estimate of drug-likeness (QED) is 0.157. The highest BCUT2D eigenvalue weighted by atomic mass is 16.3. The Balaban J connectivity index is 0.000000136. The van der Waals surface area contributed by atoms with Gasteiger partial charge in [0.1, 0.15) is 11.2 Å². The molecule has 0 saturated heterocycles. The molecule has 0 bridgehead atoms. The summed E-state index contributed by atoms with van der Waals surface area (Å²) in [6.07, 6.45) is 0. The van der Waals surface area contributed by atoms with Crippen molar-refractivity contribution in [3.05, 3.63) is 361 Å². The molecule has 5 nitrogen and oxygen atoms in total. The maximum Gasteiger partial charge on any atom is 0.143 e. The Hall–Kier alpha value is -12.7. The smallest absolute Gasteiger partial charge is 0.143 e. The minimum Gasteiger partial charge on any atom is -0.455 e. The van der Waals surface area contributed by atoms with Crippen LogP contribution in [0.3, 0.4) is 0 Å². The van der Waals surface area contributed by atoms with Gasteiger partial charge in [0.15, 0.2) is 0 Å². The Morgan fingerprint density at radius 3 is 1.12 bits per heavy atom. The summed E-state index contributed by atoms with van der Waals surface area (Å²) in [6, 6.07) is 120. The molecule has 0 unspecified atom stereocenters. The van der Waals surface area contributed by atoms with Crippen LogP contribution in [0.5, 0.6) is 0 Å². The summed E-state index contributed by atoms with van der Waals surface area (Å²) in [7, 11) is 0. The second-order valence-corrected chi connectivity index (χ2v) is 30.3. The topological polar surface area (TPSA) is 32.9 Å². The molecule has 104 heavy (non-hydrogen) atoms. The van der Waals surface area contributed by atoms with E-state index < -0.39 is 0 Å². The van der Waals surface area contributed by atoms with Gasteiger partial charge in [0.2, 0.25) is 0 Å². The maximum absolute atomic E-state index is 6.43. The van der Waals surface area contributed by atoms with Crippen LogP contribution in [0.2, 0.25) is 0 Å². The van der Waals surface area contributed by atoms with E-state index in [2.05, 4.69) is 375 Å². The van der Waals surface area contributed by atoms with E-state index in [0.29, 0.717) is 0 Å². The molecule has 5 aromatic heterocycles. The zero-order valence-electron chi connectivity index (χ0n) is 58.9. The normalized spacial score (nSPS) is 14.1. The van der Waals surface area contributed by atoms with Gasteiger partial charge < -0.3 is 22.7 Å². The Morgan fingerprint density at radius 2 is 0.577 bits per heavy atom. The molecule has 494 valence electrons. The van der Waals surface area contributed by atoms with Crippen LogP contribution in [0.4, 0.5) is 0 Å². The lowest BCUT2D eigenvalue weighted by atomic mass is 9.81. The second-order valence-electron chi connectivity index (χ2n) is 30.3. The van der Waals surface area contributed by atoms with E-state index in [9.17, 15) is 0 Å². The Labute approximate surface area is 604 Å². The van der Waals surface area contributed by atoms with Gasteiger partial charge in [0.25, 0.3) is 0 Å². The molecule has 0 N–H and O–H groups in total. The molecule has 19 aromatic rings. The van der Waals surface area contributed by atoms with Gasteiger partial charge in [-0.3, -0.25) is 0 Å². The summed E-state index contributed by atoms with van der Waals surface area (Å²) in [5.74, 6) is 0. The predicted octanol–water partition coefficient (Wildman–Crippen LogP) is 26.1. The van der Waals surface area contributed by atoms with Crippen molar-refractivity contribution in [1.29, 1.82) is 0 Å². The van der Waals surface area contributed by atoms with E-state index in [-0.39, 0.29) is 16.2 Å². The van der Waals surface area contributed by atoms with Crippen LogP contribution in [-0.2, 0) is 16.2 Å². The molecular formula is C99H72N4O. The third-order valence-electron chi connectivity index (χ3n) is 23.6. The molecule has 22 rings (SSSR count). The van der Waals surface area contributed by atoms with E-state index in [1.165, 1.54) is 161 Å². The highest BCUT2D eigenvalue weighted by Gasteiger charge is 2.43.